The van der Waals surface area contributed by atoms with Crippen LogP contribution in [0.4, 0.5) is 0 Å². The van der Waals surface area contributed by atoms with Crippen LogP contribution < -0.4 is 0 Å². The van der Waals surface area contributed by atoms with Gasteiger partial charge in [0.25, 0.3) is 0 Å². The van der Waals surface area contributed by atoms with Gasteiger partial charge in [0.15, 0.2) is 0 Å². The molecule has 0 bridgehead atoms. The molecular formula is C23H31NO2S2. The first kappa shape index (κ1) is 19.3. The molecule has 3 saturated heterocycles. The highest BCUT2D eigenvalue weighted by atomic mass is 32.2. The Kier molecular flexibility index (Phi) is 5.46. The molecule has 2 spiro atoms. The quantitative estimate of drug-likeness (QED) is 0.476. The summed E-state index contributed by atoms with van der Waals surface area (Å²) in [5.74, 6) is 2.46. The molecule has 0 aromatic heterocycles. The average Bonchev–Trinajstić information content (AvgIpc) is 3.37. The highest BCUT2D eigenvalue weighted by molar-refractivity contribution is 8.00. The summed E-state index contributed by atoms with van der Waals surface area (Å²) in [6, 6.07) is 10.5. The number of nitrogens with zero attached hydrogens (tertiary/aromatic N) is 1. The molecule has 3 aliphatic heterocycles. The molecule has 3 nitrogen and oxygen atoms in total. The molecule has 1 aromatic rings. The number of thioether (sulfide) groups is 1. The Bertz CT molecular complexity index is 706. The minimum atomic E-state index is 0.0857. The lowest BCUT2D eigenvalue weighted by Crippen LogP contribution is -2.56. The third-order valence-corrected chi connectivity index (χ3v) is 9.33. The summed E-state index contributed by atoms with van der Waals surface area (Å²) in [7, 11) is 0. The smallest absolute Gasteiger partial charge is 0.117 e. The van der Waals surface area contributed by atoms with Crippen LogP contribution in [0.2, 0.25) is 0 Å². The second-order valence-corrected chi connectivity index (χ2v) is 10.8. The van der Waals surface area contributed by atoms with E-state index in [-0.39, 0.29) is 4.93 Å². The first-order valence-electron chi connectivity index (χ1n) is 10.9. The standard InChI is InChI=1S/C23H31NO2S2/c27-21-19(8-5-13-25-16-18-6-2-1-3-7-18)20-9-4-10-22(20)17-23(11-12-24(21)22)26-14-15-28-23/h1-3,6-7,19-20H,4-5,8-17H2/t19-,20+,22+,23-/m0/s1. The fraction of sp³-hybridized carbons (Fsp3) is 0.696. The summed E-state index contributed by atoms with van der Waals surface area (Å²) >= 11 is 8.11. The number of ether oxygens (including phenoxy) is 2. The Morgan fingerprint density at radius 2 is 2.14 bits per heavy atom. The number of hydrogen-bond acceptors (Lipinski definition) is 4. The highest BCUT2D eigenvalue weighted by Crippen LogP contribution is 2.60. The molecular weight excluding hydrogens is 386 g/mol. The van der Waals surface area contributed by atoms with Gasteiger partial charge < -0.3 is 14.4 Å². The minimum Gasteiger partial charge on any atom is -0.377 e. The maximum Gasteiger partial charge on any atom is 0.117 e. The van der Waals surface area contributed by atoms with Gasteiger partial charge in [-0.15, -0.1) is 11.8 Å². The lowest BCUT2D eigenvalue weighted by Gasteiger charge is -2.50. The summed E-state index contributed by atoms with van der Waals surface area (Å²) in [5.41, 5.74) is 1.55. The van der Waals surface area contributed by atoms with E-state index in [0.717, 1.165) is 44.3 Å². The van der Waals surface area contributed by atoms with Crippen molar-refractivity contribution < 1.29 is 9.47 Å². The van der Waals surface area contributed by atoms with Gasteiger partial charge >= 0.3 is 0 Å². The lowest BCUT2D eigenvalue weighted by molar-refractivity contribution is -0.0427. The normalized spacial score (nSPS) is 36.9. The van der Waals surface area contributed by atoms with Crippen molar-refractivity contribution in [3.05, 3.63) is 35.9 Å². The first-order valence-corrected chi connectivity index (χ1v) is 12.3. The van der Waals surface area contributed by atoms with Gasteiger partial charge in [-0.1, -0.05) is 49.0 Å². The zero-order valence-electron chi connectivity index (χ0n) is 16.6. The molecule has 1 saturated carbocycles. The maximum atomic E-state index is 6.29. The second-order valence-electron chi connectivity index (χ2n) is 8.91. The fourth-order valence-corrected chi connectivity index (χ4v) is 8.16. The summed E-state index contributed by atoms with van der Waals surface area (Å²) < 4.78 is 12.2. The fourth-order valence-electron chi connectivity index (χ4n) is 6.31. The Labute approximate surface area is 178 Å². The van der Waals surface area contributed by atoms with Crippen LogP contribution in [0.15, 0.2) is 30.3 Å². The second kappa shape index (κ2) is 7.90. The van der Waals surface area contributed by atoms with Crippen LogP contribution in [-0.2, 0) is 16.1 Å². The van der Waals surface area contributed by atoms with Gasteiger partial charge in [0.05, 0.1) is 18.2 Å². The van der Waals surface area contributed by atoms with Gasteiger partial charge in [0.2, 0.25) is 0 Å². The predicted octanol–water partition coefficient (Wildman–Crippen LogP) is 5.04. The Balaban J connectivity index is 1.20. The van der Waals surface area contributed by atoms with Crippen LogP contribution in [0.25, 0.3) is 0 Å². The Hall–Kier alpha value is -0.620. The average molecular weight is 418 g/mol. The molecule has 4 atom stereocenters. The lowest BCUT2D eigenvalue weighted by atomic mass is 9.75. The predicted molar refractivity (Wildman–Crippen MR) is 119 cm³/mol. The molecule has 3 heterocycles. The van der Waals surface area contributed by atoms with Crippen molar-refractivity contribution in [3.63, 3.8) is 0 Å². The topological polar surface area (TPSA) is 21.7 Å². The van der Waals surface area contributed by atoms with Crippen LogP contribution in [0.3, 0.4) is 0 Å². The third-order valence-electron chi connectivity index (χ3n) is 7.44. The van der Waals surface area contributed by atoms with Crippen LogP contribution in [-0.4, -0.2) is 45.9 Å². The van der Waals surface area contributed by atoms with Crippen LogP contribution in [0.5, 0.6) is 0 Å². The molecule has 0 radical (unpaired) electrons. The largest absolute Gasteiger partial charge is 0.377 e. The number of hydrogen-bond donors (Lipinski definition) is 0. The summed E-state index contributed by atoms with van der Waals surface area (Å²) in [6.45, 7) is 3.57. The van der Waals surface area contributed by atoms with E-state index in [4.69, 9.17) is 21.7 Å². The first-order chi connectivity index (χ1) is 13.7. The van der Waals surface area contributed by atoms with E-state index in [9.17, 15) is 0 Å². The van der Waals surface area contributed by atoms with E-state index in [1.807, 2.05) is 0 Å². The SMILES string of the molecule is S=C1[C@@H](CCCOCc2ccccc2)[C@H]2CCC[C@@]23C[C@@]2(CCN13)OCCS2. The molecule has 28 heavy (non-hydrogen) atoms. The minimum absolute atomic E-state index is 0.0857. The summed E-state index contributed by atoms with van der Waals surface area (Å²) in [4.78, 5) is 4.00. The molecule has 5 rings (SSSR count). The zero-order valence-corrected chi connectivity index (χ0v) is 18.2. The molecule has 1 aliphatic carbocycles. The van der Waals surface area contributed by atoms with E-state index >= 15 is 0 Å². The van der Waals surface area contributed by atoms with E-state index in [2.05, 4.69) is 47.0 Å². The molecule has 0 amide bonds. The molecule has 0 unspecified atom stereocenters. The van der Waals surface area contributed by atoms with E-state index < -0.39 is 0 Å². The highest BCUT2D eigenvalue weighted by Gasteiger charge is 2.63. The van der Waals surface area contributed by atoms with Crippen molar-refractivity contribution in [1.82, 2.24) is 4.90 Å². The monoisotopic (exact) mass is 417 g/mol. The Morgan fingerprint density at radius 3 is 2.96 bits per heavy atom. The summed E-state index contributed by atoms with van der Waals surface area (Å²) in [6.07, 6.45) is 8.62. The van der Waals surface area contributed by atoms with E-state index in [1.54, 1.807) is 0 Å². The van der Waals surface area contributed by atoms with E-state index in [1.165, 1.54) is 42.7 Å². The van der Waals surface area contributed by atoms with Crippen LogP contribution in [0, 0.1) is 11.8 Å². The van der Waals surface area contributed by atoms with Crippen molar-refractivity contribution in [1.29, 1.82) is 0 Å². The third kappa shape index (κ3) is 3.32. The van der Waals surface area contributed by atoms with Crippen LogP contribution >= 0.6 is 24.0 Å². The van der Waals surface area contributed by atoms with E-state index in [0.29, 0.717) is 18.1 Å². The molecule has 5 heteroatoms. The molecule has 1 aromatic carbocycles. The van der Waals surface area contributed by atoms with Crippen molar-refractivity contribution in [3.8, 4) is 0 Å². The molecule has 4 aliphatic rings. The Morgan fingerprint density at radius 1 is 1.25 bits per heavy atom. The van der Waals surface area contributed by atoms with Gasteiger partial charge in [-0.3, -0.25) is 0 Å². The number of piperidine rings is 1. The summed E-state index contributed by atoms with van der Waals surface area (Å²) in [5, 5.41) is 0. The van der Waals surface area contributed by atoms with Gasteiger partial charge in [-0.25, -0.2) is 0 Å². The molecule has 4 fully saturated rings. The zero-order chi connectivity index (χ0) is 19.0. The number of benzene rings is 1. The van der Waals surface area contributed by atoms with Crippen molar-refractivity contribution in [2.45, 2.75) is 62.0 Å². The number of rotatable bonds is 6. The van der Waals surface area contributed by atoms with Gasteiger partial charge in [-0.05, 0) is 37.2 Å². The van der Waals surface area contributed by atoms with Gasteiger partial charge in [0, 0.05) is 43.2 Å². The van der Waals surface area contributed by atoms with Gasteiger partial charge in [0.1, 0.15) is 4.93 Å². The number of thiocarbonyl (C=S) groups is 1. The maximum absolute atomic E-state index is 6.29. The van der Waals surface area contributed by atoms with Gasteiger partial charge in [-0.2, -0.15) is 0 Å². The molecule has 0 N–H and O–H groups in total. The van der Waals surface area contributed by atoms with Crippen LogP contribution in [0.1, 0.15) is 50.5 Å². The van der Waals surface area contributed by atoms with Crippen molar-refractivity contribution in [2.24, 2.45) is 11.8 Å². The van der Waals surface area contributed by atoms with Crippen molar-refractivity contribution in [2.75, 3.05) is 25.5 Å². The molecule has 152 valence electrons. The van der Waals surface area contributed by atoms with Crippen molar-refractivity contribution >= 4 is 29.0 Å².